The molecule has 2 amide bonds. The summed E-state index contributed by atoms with van der Waals surface area (Å²) in [6.07, 6.45) is -0.0174. The van der Waals surface area contributed by atoms with Crippen molar-refractivity contribution in [3.63, 3.8) is 0 Å². The predicted octanol–water partition coefficient (Wildman–Crippen LogP) is -1.36. The van der Waals surface area contributed by atoms with Crippen molar-refractivity contribution < 1.29 is 9.59 Å². The fourth-order valence-corrected chi connectivity index (χ4v) is 1.29. The highest BCUT2D eigenvalue weighted by molar-refractivity contribution is 5.97. The lowest BCUT2D eigenvalue weighted by molar-refractivity contribution is -0.136. The maximum atomic E-state index is 11.4. The Balaban J connectivity index is 2.60. The van der Waals surface area contributed by atoms with Crippen LogP contribution in [0.4, 0.5) is 0 Å². The number of amides is 2. The molecule has 0 radical (unpaired) electrons. The van der Waals surface area contributed by atoms with Crippen LogP contribution in [0.25, 0.3) is 0 Å². The van der Waals surface area contributed by atoms with Crippen LogP contribution in [0.3, 0.4) is 0 Å². The Morgan fingerprint density at radius 1 is 1.31 bits per heavy atom. The second kappa shape index (κ2) is 4.23. The number of likely N-dealkylation sites (N-methyl/N-ethyl adjacent to an activating group) is 1. The van der Waals surface area contributed by atoms with Gasteiger partial charge in [0.1, 0.15) is 6.42 Å². The summed E-state index contributed by atoms with van der Waals surface area (Å²) in [5.41, 5.74) is 5.35. The average molecular weight is 185 g/mol. The van der Waals surface area contributed by atoms with Crippen LogP contribution >= 0.6 is 0 Å². The molecule has 74 valence electrons. The first-order valence-electron chi connectivity index (χ1n) is 4.37. The van der Waals surface area contributed by atoms with Crippen LogP contribution in [0, 0.1) is 0 Å². The molecular formula is C8H15N3O2. The molecule has 0 aliphatic carbocycles. The van der Waals surface area contributed by atoms with Gasteiger partial charge in [-0.25, -0.2) is 0 Å². The van der Waals surface area contributed by atoms with Crippen LogP contribution in [0.5, 0.6) is 0 Å². The van der Waals surface area contributed by atoms with Crippen molar-refractivity contribution in [1.29, 1.82) is 0 Å². The molecule has 13 heavy (non-hydrogen) atoms. The van der Waals surface area contributed by atoms with E-state index in [4.69, 9.17) is 5.73 Å². The molecule has 0 aromatic carbocycles. The van der Waals surface area contributed by atoms with Gasteiger partial charge in [-0.1, -0.05) is 0 Å². The van der Waals surface area contributed by atoms with Crippen molar-refractivity contribution in [3.8, 4) is 0 Å². The average Bonchev–Trinajstić information content (AvgIpc) is 2.20. The topological polar surface area (TPSA) is 66.6 Å². The van der Waals surface area contributed by atoms with Crippen molar-refractivity contribution in [2.45, 2.75) is 6.42 Å². The van der Waals surface area contributed by atoms with Crippen LogP contribution in [-0.4, -0.2) is 54.8 Å². The van der Waals surface area contributed by atoms with Gasteiger partial charge in [-0.15, -0.1) is 0 Å². The lowest BCUT2D eigenvalue weighted by Crippen LogP contribution is -2.36. The van der Waals surface area contributed by atoms with E-state index >= 15 is 0 Å². The molecule has 5 nitrogen and oxygen atoms in total. The van der Waals surface area contributed by atoms with Crippen molar-refractivity contribution in [1.82, 2.24) is 9.80 Å². The van der Waals surface area contributed by atoms with E-state index in [9.17, 15) is 9.59 Å². The van der Waals surface area contributed by atoms with Crippen molar-refractivity contribution in [2.75, 3.05) is 33.2 Å². The minimum Gasteiger partial charge on any atom is -0.344 e. The number of rotatable bonds is 2. The molecule has 1 aliphatic rings. The van der Waals surface area contributed by atoms with E-state index in [2.05, 4.69) is 0 Å². The monoisotopic (exact) mass is 185 g/mol. The fraction of sp³-hybridized carbons (Fsp3) is 0.750. The molecule has 1 heterocycles. The molecule has 1 fully saturated rings. The molecule has 1 aliphatic heterocycles. The lowest BCUT2D eigenvalue weighted by atomic mass is 10.3. The SMILES string of the molecule is CN1CCN(CCN)C(=O)CC1=O. The fourth-order valence-electron chi connectivity index (χ4n) is 1.29. The summed E-state index contributed by atoms with van der Waals surface area (Å²) in [4.78, 5) is 25.8. The second-order valence-electron chi connectivity index (χ2n) is 3.16. The first kappa shape index (κ1) is 9.98. The maximum absolute atomic E-state index is 11.4. The van der Waals surface area contributed by atoms with Crippen molar-refractivity contribution in [3.05, 3.63) is 0 Å². The summed E-state index contributed by atoms with van der Waals surface area (Å²) in [6.45, 7) is 2.19. The summed E-state index contributed by atoms with van der Waals surface area (Å²) < 4.78 is 0. The molecule has 0 aromatic rings. The zero-order valence-electron chi connectivity index (χ0n) is 7.82. The predicted molar refractivity (Wildman–Crippen MR) is 47.9 cm³/mol. The minimum atomic E-state index is -0.111. The largest absolute Gasteiger partial charge is 0.344 e. The van der Waals surface area contributed by atoms with E-state index in [1.54, 1.807) is 16.8 Å². The van der Waals surface area contributed by atoms with Crippen LogP contribution in [0.15, 0.2) is 0 Å². The Kier molecular flexibility index (Phi) is 3.25. The maximum Gasteiger partial charge on any atom is 0.232 e. The highest BCUT2D eigenvalue weighted by Crippen LogP contribution is 2.03. The lowest BCUT2D eigenvalue weighted by Gasteiger charge is -2.19. The van der Waals surface area contributed by atoms with Gasteiger partial charge in [-0.05, 0) is 0 Å². The van der Waals surface area contributed by atoms with Crippen LogP contribution in [0.1, 0.15) is 6.42 Å². The summed E-state index contributed by atoms with van der Waals surface area (Å²) >= 11 is 0. The number of hydrogen-bond donors (Lipinski definition) is 1. The highest BCUT2D eigenvalue weighted by Gasteiger charge is 2.23. The molecule has 0 saturated carbocycles. The van der Waals surface area contributed by atoms with Crippen molar-refractivity contribution in [2.24, 2.45) is 5.73 Å². The highest BCUT2D eigenvalue weighted by atomic mass is 16.2. The van der Waals surface area contributed by atoms with E-state index in [0.717, 1.165) is 0 Å². The van der Waals surface area contributed by atoms with Crippen molar-refractivity contribution >= 4 is 11.8 Å². The number of nitrogens with zero attached hydrogens (tertiary/aromatic N) is 2. The molecule has 1 rings (SSSR count). The Labute approximate surface area is 77.5 Å². The van der Waals surface area contributed by atoms with Gasteiger partial charge in [0.2, 0.25) is 11.8 Å². The summed E-state index contributed by atoms with van der Waals surface area (Å²) in [7, 11) is 1.71. The summed E-state index contributed by atoms with van der Waals surface area (Å²) in [5, 5.41) is 0. The molecule has 0 bridgehead atoms. The first-order chi connectivity index (χ1) is 6.15. The first-order valence-corrected chi connectivity index (χ1v) is 4.37. The van der Waals surface area contributed by atoms with Gasteiger partial charge in [-0.2, -0.15) is 0 Å². The second-order valence-corrected chi connectivity index (χ2v) is 3.16. The summed E-state index contributed by atoms with van der Waals surface area (Å²) in [6, 6.07) is 0. The molecule has 0 spiro atoms. The third kappa shape index (κ3) is 2.42. The van der Waals surface area contributed by atoms with Gasteiger partial charge in [0.05, 0.1) is 0 Å². The summed E-state index contributed by atoms with van der Waals surface area (Å²) in [5.74, 6) is -0.218. The van der Waals surface area contributed by atoms with E-state index < -0.39 is 0 Å². The van der Waals surface area contributed by atoms with Gasteiger partial charge >= 0.3 is 0 Å². The van der Waals surface area contributed by atoms with Gasteiger partial charge in [0.15, 0.2) is 0 Å². The zero-order valence-corrected chi connectivity index (χ0v) is 7.82. The van der Waals surface area contributed by atoms with E-state index in [-0.39, 0.29) is 18.2 Å². The molecule has 5 heteroatoms. The van der Waals surface area contributed by atoms with E-state index in [1.807, 2.05) is 0 Å². The van der Waals surface area contributed by atoms with Gasteiger partial charge in [-0.3, -0.25) is 9.59 Å². The normalized spacial score (nSPS) is 19.2. The van der Waals surface area contributed by atoms with Crippen LogP contribution in [0.2, 0.25) is 0 Å². The number of carbonyl (C=O) groups is 2. The van der Waals surface area contributed by atoms with E-state index in [0.29, 0.717) is 26.2 Å². The molecule has 1 saturated heterocycles. The van der Waals surface area contributed by atoms with Gasteiger partial charge in [0.25, 0.3) is 0 Å². The van der Waals surface area contributed by atoms with Gasteiger partial charge < -0.3 is 15.5 Å². The Bertz CT molecular complexity index is 217. The standard InChI is InChI=1S/C8H15N3O2/c1-10-4-5-11(3-2-9)8(13)6-7(10)12/h2-6,9H2,1H3. The van der Waals surface area contributed by atoms with Crippen LogP contribution < -0.4 is 5.73 Å². The third-order valence-corrected chi connectivity index (χ3v) is 2.19. The van der Waals surface area contributed by atoms with E-state index in [1.165, 1.54) is 0 Å². The number of carbonyl (C=O) groups excluding carboxylic acids is 2. The minimum absolute atomic E-state index is 0.0174. The molecular weight excluding hydrogens is 170 g/mol. The molecule has 0 aromatic heterocycles. The molecule has 2 N–H and O–H groups in total. The Morgan fingerprint density at radius 3 is 2.62 bits per heavy atom. The zero-order chi connectivity index (χ0) is 9.84. The smallest absolute Gasteiger partial charge is 0.232 e. The Hall–Kier alpha value is -1.10. The Morgan fingerprint density at radius 2 is 2.00 bits per heavy atom. The van der Waals surface area contributed by atoms with Gasteiger partial charge in [0, 0.05) is 33.2 Å². The van der Waals surface area contributed by atoms with Crippen LogP contribution in [-0.2, 0) is 9.59 Å². The molecule has 0 unspecified atom stereocenters. The molecule has 0 atom stereocenters. The number of hydrogen-bond acceptors (Lipinski definition) is 3. The number of nitrogens with two attached hydrogens (primary N) is 1. The third-order valence-electron chi connectivity index (χ3n) is 2.19. The quantitative estimate of drug-likeness (QED) is 0.540.